The predicted molar refractivity (Wildman–Crippen MR) is 100 cm³/mol. The molecule has 4 heteroatoms. The van der Waals surface area contributed by atoms with E-state index in [2.05, 4.69) is 48.8 Å². The number of rotatable bonds is 4. The molecule has 4 nitrogen and oxygen atoms in total. The molecule has 0 radical (unpaired) electrons. The minimum atomic E-state index is -0.121. The quantitative estimate of drug-likeness (QED) is 0.939. The molecule has 0 amide bonds. The SMILES string of the molecule is Cc1cc([C@@H](N)c2ccccc2)cnc1N1CCN(C(C)C)CC1. The van der Waals surface area contributed by atoms with Gasteiger partial charge in [0, 0.05) is 38.4 Å². The van der Waals surface area contributed by atoms with Crippen LogP contribution in [0.4, 0.5) is 5.82 Å². The maximum atomic E-state index is 6.40. The molecule has 3 rings (SSSR count). The van der Waals surface area contributed by atoms with E-state index in [9.17, 15) is 0 Å². The van der Waals surface area contributed by atoms with Gasteiger partial charge in [-0.2, -0.15) is 0 Å². The molecule has 0 unspecified atom stereocenters. The zero-order chi connectivity index (χ0) is 17.1. The van der Waals surface area contributed by atoms with Crippen LogP contribution >= 0.6 is 0 Å². The van der Waals surface area contributed by atoms with Gasteiger partial charge in [-0.1, -0.05) is 30.3 Å². The Labute approximate surface area is 145 Å². The smallest absolute Gasteiger partial charge is 0.131 e. The van der Waals surface area contributed by atoms with Crippen LogP contribution in [0, 0.1) is 6.92 Å². The second-order valence-corrected chi connectivity index (χ2v) is 6.91. The third-order valence-corrected chi connectivity index (χ3v) is 4.93. The molecule has 2 heterocycles. The monoisotopic (exact) mass is 324 g/mol. The topological polar surface area (TPSA) is 45.4 Å². The molecular weight excluding hydrogens is 296 g/mol. The second kappa shape index (κ2) is 7.32. The molecule has 0 bridgehead atoms. The van der Waals surface area contributed by atoms with Crippen molar-refractivity contribution in [3.05, 3.63) is 59.3 Å². The van der Waals surface area contributed by atoms with Crippen molar-refractivity contribution in [1.29, 1.82) is 0 Å². The van der Waals surface area contributed by atoms with E-state index >= 15 is 0 Å². The lowest BCUT2D eigenvalue weighted by Gasteiger charge is -2.38. The van der Waals surface area contributed by atoms with Crippen LogP contribution in [-0.4, -0.2) is 42.1 Å². The first kappa shape index (κ1) is 16.9. The van der Waals surface area contributed by atoms with Crippen LogP contribution in [0.5, 0.6) is 0 Å². The summed E-state index contributed by atoms with van der Waals surface area (Å²) in [5.41, 5.74) is 9.81. The van der Waals surface area contributed by atoms with Crippen molar-refractivity contribution in [2.75, 3.05) is 31.1 Å². The highest BCUT2D eigenvalue weighted by Gasteiger charge is 2.21. The zero-order valence-corrected chi connectivity index (χ0v) is 14.9. The van der Waals surface area contributed by atoms with E-state index in [-0.39, 0.29) is 6.04 Å². The van der Waals surface area contributed by atoms with Crippen LogP contribution in [0.2, 0.25) is 0 Å². The molecule has 2 N–H and O–H groups in total. The Morgan fingerprint density at radius 1 is 1.00 bits per heavy atom. The van der Waals surface area contributed by atoms with Gasteiger partial charge in [-0.25, -0.2) is 4.98 Å². The highest BCUT2D eigenvalue weighted by Crippen LogP contribution is 2.25. The average Bonchev–Trinajstić information content (AvgIpc) is 2.62. The minimum absolute atomic E-state index is 0.121. The van der Waals surface area contributed by atoms with E-state index in [1.807, 2.05) is 24.4 Å². The lowest BCUT2D eigenvalue weighted by molar-refractivity contribution is 0.209. The highest BCUT2D eigenvalue weighted by atomic mass is 15.3. The van der Waals surface area contributed by atoms with Crippen molar-refractivity contribution >= 4 is 5.82 Å². The van der Waals surface area contributed by atoms with E-state index in [0.29, 0.717) is 6.04 Å². The number of nitrogens with two attached hydrogens (primary N) is 1. The molecule has 1 aliphatic heterocycles. The van der Waals surface area contributed by atoms with E-state index in [0.717, 1.165) is 43.1 Å². The number of aryl methyl sites for hydroxylation is 1. The van der Waals surface area contributed by atoms with Gasteiger partial charge in [-0.05, 0) is 43.5 Å². The van der Waals surface area contributed by atoms with Gasteiger partial charge in [0.05, 0.1) is 6.04 Å². The van der Waals surface area contributed by atoms with Gasteiger partial charge in [-0.3, -0.25) is 4.90 Å². The van der Waals surface area contributed by atoms with E-state index in [1.165, 1.54) is 5.56 Å². The van der Waals surface area contributed by atoms with Crippen molar-refractivity contribution < 1.29 is 0 Å². The van der Waals surface area contributed by atoms with Crippen LogP contribution in [0.15, 0.2) is 42.6 Å². The number of benzene rings is 1. The van der Waals surface area contributed by atoms with Crippen molar-refractivity contribution in [2.45, 2.75) is 32.9 Å². The molecular formula is C20H28N4. The predicted octanol–water partition coefficient (Wildman–Crippen LogP) is 2.97. The fourth-order valence-electron chi connectivity index (χ4n) is 3.39. The molecule has 0 spiro atoms. The van der Waals surface area contributed by atoms with E-state index < -0.39 is 0 Å². The summed E-state index contributed by atoms with van der Waals surface area (Å²) in [6.45, 7) is 10.9. The zero-order valence-electron chi connectivity index (χ0n) is 14.9. The van der Waals surface area contributed by atoms with Crippen molar-refractivity contribution in [1.82, 2.24) is 9.88 Å². The summed E-state index contributed by atoms with van der Waals surface area (Å²) >= 11 is 0. The normalized spacial score (nSPS) is 17.3. The third kappa shape index (κ3) is 3.60. The molecule has 2 aromatic rings. The van der Waals surface area contributed by atoms with E-state index in [1.54, 1.807) is 0 Å². The first-order valence-electron chi connectivity index (χ1n) is 8.82. The van der Waals surface area contributed by atoms with Crippen molar-refractivity contribution in [3.63, 3.8) is 0 Å². The van der Waals surface area contributed by atoms with Crippen molar-refractivity contribution in [2.24, 2.45) is 5.73 Å². The fraction of sp³-hybridized carbons (Fsp3) is 0.450. The summed E-state index contributed by atoms with van der Waals surface area (Å²) in [6, 6.07) is 12.9. The van der Waals surface area contributed by atoms with Gasteiger partial charge in [0.1, 0.15) is 5.82 Å². The molecule has 24 heavy (non-hydrogen) atoms. The molecule has 128 valence electrons. The molecule has 1 aromatic heterocycles. The van der Waals surface area contributed by atoms with Gasteiger partial charge in [-0.15, -0.1) is 0 Å². The summed E-state index contributed by atoms with van der Waals surface area (Å²) in [7, 11) is 0. The Hall–Kier alpha value is -1.91. The lowest BCUT2D eigenvalue weighted by atomic mass is 10.00. The molecule has 1 aromatic carbocycles. The fourth-order valence-corrected chi connectivity index (χ4v) is 3.39. The van der Waals surface area contributed by atoms with Crippen LogP contribution in [0.1, 0.15) is 36.6 Å². The van der Waals surface area contributed by atoms with Crippen LogP contribution < -0.4 is 10.6 Å². The Morgan fingerprint density at radius 2 is 1.67 bits per heavy atom. The Morgan fingerprint density at radius 3 is 2.25 bits per heavy atom. The second-order valence-electron chi connectivity index (χ2n) is 6.91. The highest BCUT2D eigenvalue weighted by molar-refractivity contribution is 5.49. The van der Waals surface area contributed by atoms with Gasteiger partial charge in [0.25, 0.3) is 0 Å². The van der Waals surface area contributed by atoms with Crippen LogP contribution in [0.3, 0.4) is 0 Å². The summed E-state index contributed by atoms with van der Waals surface area (Å²) < 4.78 is 0. The Kier molecular flexibility index (Phi) is 5.17. The van der Waals surface area contributed by atoms with Gasteiger partial charge in [0.15, 0.2) is 0 Å². The van der Waals surface area contributed by atoms with Crippen LogP contribution in [-0.2, 0) is 0 Å². The van der Waals surface area contributed by atoms with Gasteiger partial charge < -0.3 is 10.6 Å². The summed E-state index contributed by atoms with van der Waals surface area (Å²) in [5, 5.41) is 0. The maximum Gasteiger partial charge on any atom is 0.131 e. The minimum Gasteiger partial charge on any atom is -0.354 e. The van der Waals surface area contributed by atoms with Crippen molar-refractivity contribution in [3.8, 4) is 0 Å². The summed E-state index contributed by atoms with van der Waals surface area (Å²) in [6.07, 6.45) is 1.94. The molecule has 1 atom stereocenters. The van der Waals surface area contributed by atoms with Gasteiger partial charge >= 0.3 is 0 Å². The number of aromatic nitrogens is 1. The Balaban J connectivity index is 1.74. The number of piperazine rings is 1. The van der Waals surface area contributed by atoms with Crippen LogP contribution in [0.25, 0.3) is 0 Å². The number of hydrogen-bond donors (Lipinski definition) is 1. The number of pyridine rings is 1. The number of hydrogen-bond acceptors (Lipinski definition) is 4. The lowest BCUT2D eigenvalue weighted by Crippen LogP contribution is -2.49. The number of nitrogens with zero attached hydrogens (tertiary/aromatic N) is 3. The van der Waals surface area contributed by atoms with E-state index in [4.69, 9.17) is 10.7 Å². The first-order chi connectivity index (χ1) is 11.6. The molecule has 0 aliphatic carbocycles. The first-order valence-corrected chi connectivity index (χ1v) is 8.82. The van der Waals surface area contributed by atoms with Gasteiger partial charge in [0.2, 0.25) is 0 Å². The molecule has 0 saturated carbocycles. The molecule has 1 fully saturated rings. The summed E-state index contributed by atoms with van der Waals surface area (Å²) in [5.74, 6) is 1.10. The standard InChI is InChI=1S/C20H28N4/c1-15(2)23-9-11-24(12-10-23)20-16(3)13-18(14-22-20)19(21)17-7-5-4-6-8-17/h4-8,13-15,19H,9-12,21H2,1-3H3/t19-/m0/s1. The maximum absolute atomic E-state index is 6.40. The largest absolute Gasteiger partial charge is 0.354 e. The Bertz CT molecular complexity index is 661. The number of anilines is 1. The third-order valence-electron chi connectivity index (χ3n) is 4.93. The average molecular weight is 324 g/mol. The molecule has 1 aliphatic rings. The molecule has 1 saturated heterocycles. The summed E-state index contributed by atoms with van der Waals surface area (Å²) in [4.78, 5) is 9.66.